The molecule has 0 aliphatic rings. The predicted molar refractivity (Wildman–Crippen MR) is 72.9 cm³/mol. The molecule has 0 amide bonds. The molecule has 0 bridgehead atoms. The molecule has 94 valence electrons. The third-order valence-electron chi connectivity index (χ3n) is 2.71. The largest absolute Gasteiger partial charge is 0.378 e. The summed E-state index contributed by atoms with van der Waals surface area (Å²) in [5, 5.41) is 7.56. The molecule has 0 atom stereocenters. The van der Waals surface area contributed by atoms with Gasteiger partial charge in [-0.15, -0.1) is 0 Å². The highest BCUT2D eigenvalue weighted by molar-refractivity contribution is 5.56. The molecule has 19 heavy (non-hydrogen) atoms. The van der Waals surface area contributed by atoms with Gasteiger partial charge < -0.3 is 5.32 Å². The number of hydrogen-bond donors (Lipinski definition) is 1. The molecule has 3 heterocycles. The van der Waals surface area contributed by atoms with E-state index < -0.39 is 0 Å². The van der Waals surface area contributed by atoms with Crippen molar-refractivity contribution >= 4 is 5.69 Å². The van der Waals surface area contributed by atoms with E-state index in [0.717, 1.165) is 17.1 Å². The molecule has 0 saturated heterocycles. The Morgan fingerprint density at radius 1 is 1.05 bits per heavy atom. The van der Waals surface area contributed by atoms with Crippen molar-refractivity contribution in [3.05, 3.63) is 66.9 Å². The molecule has 0 saturated carbocycles. The maximum Gasteiger partial charge on any atom is 0.176 e. The quantitative estimate of drug-likeness (QED) is 0.773. The van der Waals surface area contributed by atoms with Crippen LogP contribution in [-0.4, -0.2) is 19.7 Å². The first-order valence-corrected chi connectivity index (χ1v) is 6.01. The van der Waals surface area contributed by atoms with Crippen LogP contribution in [0.1, 0.15) is 5.56 Å². The van der Waals surface area contributed by atoms with Gasteiger partial charge >= 0.3 is 0 Å². The topological polar surface area (TPSA) is 55.6 Å². The first kappa shape index (κ1) is 11.4. The normalized spacial score (nSPS) is 10.3. The van der Waals surface area contributed by atoms with Crippen molar-refractivity contribution in [3.8, 4) is 5.82 Å². The number of rotatable bonds is 4. The van der Waals surface area contributed by atoms with Crippen molar-refractivity contribution in [2.75, 3.05) is 5.32 Å². The van der Waals surface area contributed by atoms with Gasteiger partial charge in [0, 0.05) is 37.5 Å². The highest BCUT2D eigenvalue weighted by Crippen LogP contribution is 2.16. The van der Waals surface area contributed by atoms with E-state index in [2.05, 4.69) is 20.4 Å². The van der Waals surface area contributed by atoms with Crippen LogP contribution in [0.2, 0.25) is 0 Å². The molecule has 3 aromatic heterocycles. The van der Waals surface area contributed by atoms with E-state index in [1.165, 1.54) is 0 Å². The van der Waals surface area contributed by atoms with Gasteiger partial charge in [0.1, 0.15) is 0 Å². The molecule has 0 aromatic carbocycles. The molecule has 0 aliphatic carbocycles. The van der Waals surface area contributed by atoms with E-state index in [9.17, 15) is 0 Å². The average Bonchev–Trinajstić information content (AvgIpc) is 3.01. The highest BCUT2D eigenvalue weighted by atomic mass is 15.3. The smallest absolute Gasteiger partial charge is 0.176 e. The Bertz CT molecular complexity index is 634. The lowest BCUT2D eigenvalue weighted by Crippen LogP contribution is -2.06. The van der Waals surface area contributed by atoms with Crippen molar-refractivity contribution in [1.29, 1.82) is 0 Å². The number of anilines is 1. The van der Waals surface area contributed by atoms with Crippen molar-refractivity contribution in [2.45, 2.75) is 6.54 Å². The zero-order chi connectivity index (χ0) is 12.9. The molecule has 1 N–H and O–H groups in total. The number of aromatic nitrogens is 4. The minimum atomic E-state index is 0.702. The third-order valence-corrected chi connectivity index (χ3v) is 2.71. The Morgan fingerprint density at radius 3 is 2.79 bits per heavy atom. The van der Waals surface area contributed by atoms with E-state index >= 15 is 0 Å². The second-order valence-corrected chi connectivity index (χ2v) is 4.04. The SMILES string of the molecule is c1cncc(CNc2cccnc2-n2cccn2)c1. The van der Waals surface area contributed by atoms with Crippen LogP contribution in [0.4, 0.5) is 5.69 Å². The molecule has 0 radical (unpaired) electrons. The van der Waals surface area contributed by atoms with E-state index in [1.807, 2.05) is 42.7 Å². The summed E-state index contributed by atoms with van der Waals surface area (Å²) in [7, 11) is 0. The Morgan fingerprint density at radius 2 is 2.00 bits per heavy atom. The molecule has 3 aromatic rings. The molecule has 5 nitrogen and oxygen atoms in total. The van der Waals surface area contributed by atoms with Gasteiger partial charge in [-0.1, -0.05) is 6.07 Å². The van der Waals surface area contributed by atoms with Crippen LogP contribution in [-0.2, 0) is 6.54 Å². The molecular weight excluding hydrogens is 238 g/mol. The Balaban J connectivity index is 1.82. The van der Waals surface area contributed by atoms with E-state index in [0.29, 0.717) is 6.54 Å². The minimum Gasteiger partial charge on any atom is -0.378 e. The average molecular weight is 251 g/mol. The Kier molecular flexibility index (Phi) is 3.18. The highest BCUT2D eigenvalue weighted by Gasteiger charge is 2.05. The summed E-state index contributed by atoms with van der Waals surface area (Å²) in [5.41, 5.74) is 2.06. The van der Waals surface area contributed by atoms with Crippen molar-refractivity contribution in [2.24, 2.45) is 0 Å². The molecule has 3 rings (SSSR count). The summed E-state index contributed by atoms with van der Waals surface area (Å²) < 4.78 is 1.74. The molecule has 5 heteroatoms. The number of nitrogens with one attached hydrogen (secondary N) is 1. The predicted octanol–water partition coefficient (Wildman–Crippen LogP) is 2.27. The lowest BCUT2D eigenvalue weighted by atomic mass is 10.3. The lowest BCUT2D eigenvalue weighted by Gasteiger charge is -2.10. The summed E-state index contributed by atoms with van der Waals surface area (Å²) in [5.74, 6) is 0.788. The zero-order valence-corrected chi connectivity index (χ0v) is 10.3. The van der Waals surface area contributed by atoms with Crippen LogP contribution in [0.25, 0.3) is 5.82 Å². The molecule has 0 fully saturated rings. The van der Waals surface area contributed by atoms with Crippen LogP contribution in [0.3, 0.4) is 0 Å². The maximum atomic E-state index is 4.36. The fraction of sp³-hybridized carbons (Fsp3) is 0.0714. The lowest BCUT2D eigenvalue weighted by molar-refractivity contribution is 0.846. The summed E-state index contributed by atoms with van der Waals surface area (Å²) in [6, 6.07) is 9.72. The number of nitrogens with zero attached hydrogens (tertiary/aromatic N) is 4. The minimum absolute atomic E-state index is 0.702. The van der Waals surface area contributed by atoms with Gasteiger partial charge in [0.05, 0.1) is 5.69 Å². The van der Waals surface area contributed by atoms with Crippen LogP contribution in [0.15, 0.2) is 61.3 Å². The number of hydrogen-bond acceptors (Lipinski definition) is 4. The fourth-order valence-corrected chi connectivity index (χ4v) is 1.81. The van der Waals surface area contributed by atoms with Crippen molar-refractivity contribution in [3.63, 3.8) is 0 Å². The first-order chi connectivity index (χ1) is 9.43. The van der Waals surface area contributed by atoms with Crippen molar-refractivity contribution < 1.29 is 0 Å². The van der Waals surface area contributed by atoms with Crippen LogP contribution in [0.5, 0.6) is 0 Å². The third kappa shape index (κ3) is 2.60. The van der Waals surface area contributed by atoms with Gasteiger partial charge in [0.2, 0.25) is 0 Å². The van der Waals surface area contributed by atoms with E-state index in [4.69, 9.17) is 0 Å². The van der Waals surface area contributed by atoms with Gasteiger partial charge in [-0.25, -0.2) is 9.67 Å². The molecule has 0 spiro atoms. The summed E-state index contributed by atoms with van der Waals surface area (Å²) >= 11 is 0. The monoisotopic (exact) mass is 251 g/mol. The molecule has 0 unspecified atom stereocenters. The zero-order valence-electron chi connectivity index (χ0n) is 10.3. The summed E-state index contributed by atoms with van der Waals surface area (Å²) in [6.07, 6.45) is 8.98. The standard InChI is InChI=1S/C14H13N5/c1-4-12(10-15-6-1)11-17-13-5-2-7-16-14(13)19-9-3-8-18-19/h1-10,17H,11H2. The van der Waals surface area contributed by atoms with Gasteiger partial charge in [-0.2, -0.15) is 5.10 Å². The van der Waals surface area contributed by atoms with E-state index in [-0.39, 0.29) is 0 Å². The van der Waals surface area contributed by atoms with Crippen LogP contribution in [0, 0.1) is 0 Å². The summed E-state index contributed by atoms with van der Waals surface area (Å²) in [6.45, 7) is 0.702. The number of pyridine rings is 2. The van der Waals surface area contributed by atoms with E-state index in [1.54, 1.807) is 23.3 Å². The van der Waals surface area contributed by atoms with Gasteiger partial charge in [-0.05, 0) is 29.8 Å². The van der Waals surface area contributed by atoms with Crippen LogP contribution >= 0.6 is 0 Å². The van der Waals surface area contributed by atoms with Crippen LogP contribution < -0.4 is 5.32 Å². The van der Waals surface area contributed by atoms with Crippen molar-refractivity contribution in [1.82, 2.24) is 19.7 Å². The Hall–Kier alpha value is -2.69. The summed E-state index contributed by atoms with van der Waals surface area (Å²) in [4.78, 5) is 8.45. The second-order valence-electron chi connectivity index (χ2n) is 4.04. The van der Waals surface area contributed by atoms with Gasteiger partial charge in [-0.3, -0.25) is 4.98 Å². The maximum absolute atomic E-state index is 4.36. The molecular formula is C14H13N5. The fourth-order valence-electron chi connectivity index (χ4n) is 1.81. The second kappa shape index (κ2) is 5.30. The first-order valence-electron chi connectivity index (χ1n) is 6.01. The molecule has 0 aliphatic heterocycles. The Labute approximate surface area is 111 Å². The van der Waals surface area contributed by atoms with Gasteiger partial charge in [0.15, 0.2) is 5.82 Å². The van der Waals surface area contributed by atoms with Gasteiger partial charge in [0.25, 0.3) is 0 Å².